The van der Waals surface area contributed by atoms with E-state index in [1.54, 1.807) is 6.20 Å². The van der Waals surface area contributed by atoms with Gasteiger partial charge in [-0.05, 0) is 19.1 Å². The van der Waals surface area contributed by atoms with Gasteiger partial charge in [-0.3, -0.25) is 4.79 Å². The van der Waals surface area contributed by atoms with Gasteiger partial charge in [-0.1, -0.05) is 11.8 Å². The highest BCUT2D eigenvalue weighted by Gasteiger charge is 2.30. The van der Waals surface area contributed by atoms with Gasteiger partial charge in [0.2, 0.25) is 5.91 Å². The SMILES string of the molecule is Cc1cnc(NC(=O)CSc2ccc(C(F)(F)F)cn2)s1. The first-order valence-electron chi connectivity index (χ1n) is 5.73. The Morgan fingerprint density at radius 1 is 1.33 bits per heavy atom. The van der Waals surface area contributed by atoms with Crippen molar-refractivity contribution in [1.29, 1.82) is 0 Å². The Morgan fingerprint density at radius 2 is 2.10 bits per heavy atom. The number of carbonyl (C=O) groups is 1. The molecule has 0 saturated carbocycles. The fraction of sp³-hybridized carbons (Fsp3) is 0.250. The summed E-state index contributed by atoms with van der Waals surface area (Å²) >= 11 is 2.41. The number of rotatable bonds is 4. The molecule has 1 amide bonds. The van der Waals surface area contributed by atoms with Crippen LogP contribution in [0.1, 0.15) is 10.4 Å². The molecule has 2 aromatic rings. The Labute approximate surface area is 126 Å². The zero-order valence-corrected chi connectivity index (χ0v) is 12.4. The standard InChI is InChI=1S/C12H10F3N3OS2/c1-7-4-17-11(21-7)18-9(19)6-20-10-3-2-8(5-16-10)12(13,14)15/h2-5H,6H2,1H3,(H,17,18,19). The van der Waals surface area contributed by atoms with E-state index in [4.69, 9.17) is 0 Å². The number of pyridine rings is 1. The van der Waals surface area contributed by atoms with Gasteiger partial charge in [0.05, 0.1) is 16.3 Å². The molecular weight excluding hydrogens is 323 g/mol. The van der Waals surface area contributed by atoms with Crippen LogP contribution >= 0.6 is 23.1 Å². The summed E-state index contributed by atoms with van der Waals surface area (Å²) in [6.07, 6.45) is -2.01. The normalized spacial score (nSPS) is 11.4. The lowest BCUT2D eigenvalue weighted by Gasteiger charge is -2.06. The van der Waals surface area contributed by atoms with Crippen molar-refractivity contribution in [2.24, 2.45) is 0 Å². The summed E-state index contributed by atoms with van der Waals surface area (Å²) in [6, 6.07) is 2.19. The fourth-order valence-corrected chi connectivity index (χ4v) is 2.66. The first-order chi connectivity index (χ1) is 9.84. The Morgan fingerprint density at radius 3 is 2.62 bits per heavy atom. The van der Waals surface area contributed by atoms with E-state index < -0.39 is 11.7 Å². The van der Waals surface area contributed by atoms with Gasteiger partial charge < -0.3 is 5.32 Å². The Bertz CT molecular complexity index is 625. The summed E-state index contributed by atoms with van der Waals surface area (Å²) in [5.41, 5.74) is -0.811. The van der Waals surface area contributed by atoms with Gasteiger partial charge in [0.15, 0.2) is 5.13 Å². The molecule has 0 aliphatic carbocycles. The molecule has 0 aromatic carbocycles. The maximum Gasteiger partial charge on any atom is 0.417 e. The molecule has 4 nitrogen and oxygen atoms in total. The van der Waals surface area contributed by atoms with Crippen molar-refractivity contribution < 1.29 is 18.0 Å². The summed E-state index contributed by atoms with van der Waals surface area (Å²) in [4.78, 5) is 20.3. The second kappa shape index (κ2) is 6.44. The number of aromatic nitrogens is 2. The van der Waals surface area contributed by atoms with Crippen molar-refractivity contribution in [3.63, 3.8) is 0 Å². The lowest BCUT2D eigenvalue weighted by Crippen LogP contribution is -2.13. The first-order valence-corrected chi connectivity index (χ1v) is 7.53. The Kier molecular flexibility index (Phi) is 4.84. The molecule has 0 saturated heterocycles. The molecule has 0 unspecified atom stereocenters. The van der Waals surface area contributed by atoms with Crippen LogP contribution in [0.3, 0.4) is 0 Å². The molecule has 2 heterocycles. The second-order valence-corrected chi connectivity index (χ2v) is 6.23. The predicted molar refractivity (Wildman–Crippen MR) is 75.4 cm³/mol. The lowest BCUT2D eigenvalue weighted by atomic mass is 10.3. The monoisotopic (exact) mass is 333 g/mol. The van der Waals surface area contributed by atoms with Gasteiger partial charge in [0, 0.05) is 17.3 Å². The number of alkyl halides is 3. The van der Waals surface area contributed by atoms with Gasteiger partial charge in [0.25, 0.3) is 0 Å². The van der Waals surface area contributed by atoms with Crippen LogP contribution < -0.4 is 5.32 Å². The third kappa shape index (κ3) is 4.71. The van der Waals surface area contributed by atoms with Crippen LogP contribution in [0, 0.1) is 6.92 Å². The fourth-order valence-electron chi connectivity index (χ4n) is 1.34. The van der Waals surface area contributed by atoms with Crippen LogP contribution in [0.2, 0.25) is 0 Å². The van der Waals surface area contributed by atoms with E-state index in [0.717, 1.165) is 28.9 Å². The smallest absolute Gasteiger partial charge is 0.301 e. The summed E-state index contributed by atoms with van der Waals surface area (Å²) in [5.74, 6) is -0.229. The van der Waals surface area contributed by atoms with E-state index in [1.165, 1.54) is 17.4 Å². The number of nitrogens with one attached hydrogen (secondary N) is 1. The van der Waals surface area contributed by atoms with Gasteiger partial charge in [-0.25, -0.2) is 9.97 Å². The minimum Gasteiger partial charge on any atom is -0.301 e. The van der Waals surface area contributed by atoms with Crippen molar-refractivity contribution in [1.82, 2.24) is 9.97 Å². The number of thiazole rings is 1. The largest absolute Gasteiger partial charge is 0.417 e. The molecule has 0 bridgehead atoms. The molecule has 0 fully saturated rings. The average Bonchev–Trinajstić information content (AvgIpc) is 2.81. The summed E-state index contributed by atoms with van der Waals surface area (Å²) < 4.78 is 37.1. The molecule has 1 N–H and O–H groups in total. The molecule has 2 rings (SSSR count). The molecule has 0 spiro atoms. The minimum atomic E-state index is -4.41. The van der Waals surface area contributed by atoms with E-state index in [0.29, 0.717) is 10.2 Å². The molecule has 0 aliphatic heterocycles. The third-order valence-electron chi connectivity index (χ3n) is 2.28. The minimum absolute atomic E-state index is 0.0526. The lowest BCUT2D eigenvalue weighted by molar-refractivity contribution is -0.137. The highest BCUT2D eigenvalue weighted by Crippen LogP contribution is 2.29. The molecule has 0 atom stereocenters. The maximum atomic E-state index is 12.4. The highest BCUT2D eigenvalue weighted by atomic mass is 32.2. The number of amides is 1. The van der Waals surface area contributed by atoms with Crippen molar-refractivity contribution in [3.05, 3.63) is 35.0 Å². The van der Waals surface area contributed by atoms with Crippen LogP contribution in [-0.4, -0.2) is 21.6 Å². The van der Waals surface area contributed by atoms with E-state index >= 15 is 0 Å². The number of nitrogens with zero attached hydrogens (tertiary/aromatic N) is 2. The molecule has 0 radical (unpaired) electrons. The number of anilines is 1. The second-order valence-electron chi connectivity index (χ2n) is 4.00. The number of halogens is 3. The highest BCUT2D eigenvalue weighted by molar-refractivity contribution is 7.99. The molecule has 21 heavy (non-hydrogen) atoms. The Balaban J connectivity index is 1.86. The van der Waals surface area contributed by atoms with Crippen LogP contribution in [0.4, 0.5) is 18.3 Å². The maximum absolute atomic E-state index is 12.4. The molecule has 112 valence electrons. The molecule has 9 heteroatoms. The van der Waals surface area contributed by atoms with Gasteiger partial charge in [-0.15, -0.1) is 11.3 Å². The third-order valence-corrected chi connectivity index (χ3v) is 4.05. The van der Waals surface area contributed by atoms with Crippen molar-refractivity contribution in [3.8, 4) is 0 Å². The molecule has 2 aromatic heterocycles. The van der Waals surface area contributed by atoms with Gasteiger partial charge in [-0.2, -0.15) is 13.2 Å². The van der Waals surface area contributed by atoms with E-state index in [1.807, 2.05) is 6.92 Å². The quantitative estimate of drug-likeness (QED) is 0.869. The van der Waals surface area contributed by atoms with Crippen LogP contribution in [-0.2, 0) is 11.0 Å². The number of aryl methyl sites for hydroxylation is 1. The average molecular weight is 333 g/mol. The Hall–Kier alpha value is -1.61. The van der Waals surface area contributed by atoms with Gasteiger partial charge >= 0.3 is 6.18 Å². The van der Waals surface area contributed by atoms with Crippen molar-refractivity contribution in [2.45, 2.75) is 18.1 Å². The van der Waals surface area contributed by atoms with Crippen LogP contribution in [0.25, 0.3) is 0 Å². The molecule has 0 aliphatic rings. The van der Waals surface area contributed by atoms with E-state index in [9.17, 15) is 18.0 Å². The van der Waals surface area contributed by atoms with Crippen LogP contribution in [0.5, 0.6) is 0 Å². The van der Waals surface area contributed by atoms with Crippen molar-refractivity contribution >= 4 is 34.1 Å². The number of thioether (sulfide) groups is 1. The van der Waals surface area contributed by atoms with Gasteiger partial charge in [0.1, 0.15) is 0 Å². The van der Waals surface area contributed by atoms with Crippen molar-refractivity contribution in [2.75, 3.05) is 11.1 Å². The summed E-state index contributed by atoms with van der Waals surface area (Å²) in [6.45, 7) is 1.87. The van der Waals surface area contributed by atoms with Crippen LogP contribution in [0.15, 0.2) is 29.6 Å². The number of hydrogen-bond donors (Lipinski definition) is 1. The molecular formula is C12H10F3N3OS2. The number of hydrogen-bond acceptors (Lipinski definition) is 5. The topological polar surface area (TPSA) is 54.9 Å². The zero-order chi connectivity index (χ0) is 15.5. The zero-order valence-electron chi connectivity index (χ0n) is 10.8. The first kappa shape index (κ1) is 15.8. The predicted octanol–water partition coefficient (Wildman–Crippen LogP) is 3.60. The van der Waals surface area contributed by atoms with E-state index in [2.05, 4.69) is 15.3 Å². The number of carbonyl (C=O) groups excluding carboxylic acids is 1. The summed E-state index contributed by atoms with van der Waals surface area (Å²) in [5, 5.41) is 3.46. The van der Waals surface area contributed by atoms with E-state index in [-0.39, 0.29) is 11.7 Å². The summed E-state index contributed by atoms with van der Waals surface area (Å²) in [7, 11) is 0.